The molecule has 160 valence electrons. The smallest absolute Gasteiger partial charge is 0.267 e. The molecule has 1 aromatic carbocycles. The number of ether oxygens (including phenoxy) is 1. The molecule has 1 unspecified atom stereocenters. The van der Waals surface area contributed by atoms with Gasteiger partial charge in [-0.2, -0.15) is 0 Å². The number of benzene rings is 1. The summed E-state index contributed by atoms with van der Waals surface area (Å²) in [6, 6.07) is 6.53. The zero-order chi connectivity index (χ0) is 21.6. The van der Waals surface area contributed by atoms with E-state index in [1.165, 1.54) is 22.7 Å². The van der Waals surface area contributed by atoms with Crippen molar-refractivity contribution in [3.05, 3.63) is 24.3 Å². The SMILES string of the molecule is CCC(Oc1ccc(N(C)S(C)(=O)=O)cc1)C(=O)Nc1nnc(SCC(C)C)s1. The highest BCUT2D eigenvalue weighted by Crippen LogP contribution is 2.27. The van der Waals surface area contributed by atoms with Crippen molar-refractivity contribution in [3.63, 3.8) is 0 Å². The highest BCUT2D eigenvalue weighted by Gasteiger charge is 2.21. The van der Waals surface area contributed by atoms with Crippen LogP contribution in [0.2, 0.25) is 0 Å². The summed E-state index contributed by atoms with van der Waals surface area (Å²) >= 11 is 2.95. The van der Waals surface area contributed by atoms with Crippen LogP contribution in [0.15, 0.2) is 28.6 Å². The van der Waals surface area contributed by atoms with Gasteiger partial charge in [0.05, 0.1) is 11.9 Å². The van der Waals surface area contributed by atoms with E-state index in [1.807, 2.05) is 6.92 Å². The second kappa shape index (κ2) is 10.3. The Morgan fingerprint density at radius 2 is 1.93 bits per heavy atom. The zero-order valence-electron chi connectivity index (χ0n) is 17.1. The van der Waals surface area contributed by atoms with Gasteiger partial charge in [0.25, 0.3) is 5.91 Å². The standard InChI is InChI=1S/C18H26N4O4S3/c1-6-15(16(23)19-17-20-21-18(28-17)27-11-12(2)3)26-14-9-7-13(8-10-14)22(4)29(5,24)25/h7-10,12,15H,6,11H2,1-5H3,(H,19,20,23). The van der Waals surface area contributed by atoms with Crippen LogP contribution in [0.4, 0.5) is 10.8 Å². The van der Waals surface area contributed by atoms with Crippen LogP contribution in [0, 0.1) is 5.92 Å². The van der Waals surface area contributed by atoms with Crippen LogP contribution in [0.1, 0.15) is 27.2 Å². The van der Waals surface area contributed by atoms with Crippen molar-refractivity contribution in [2.75, 3.05) is 28.7 Å². The number of thioether (sulfide) groups is 1. The van der Waals surface area contributed by atoms with Gasteiger partial charge < -0.3 is 4.74 Å². The maximum Gasteiger partial charge on any atom is 0.267 e. The lowest BCUT2D eigenvalue weighted by Gasteiger charge is -2.19. The van der Waals surface area contributed by atoms with Gasteiger partial charge in [-0.05, 0) is 36.6 Å². The Morgan fingerprint density at radius 1 is 1.28 bits per heavy atom. The molecule has 0 saturated heterocycles. The minimum Gasteiger partial charge on any atom is -0.481 e. The summed E-state index contributed by atoms with van der Waals surface area (Å²) < 4.78 is 31.0. The summed E-state index contributed by atoms with van der Waals surface area (Å²) in [5.74, 6) is 1.65. The van der Waals surface area contributed by atoms with Crippen LogP contribution in [0.5, 0.6) is 5.75 Å². The molecule has 0 spiro atoms. The van der Waals surface area contributed by atoms with E-state index in [9.17, 15) is 13.2 Å². The first-order chi connectivity index (χ1) is 13.6. The van der Waals surface area contributed by atoms with Crippen molar-refractivity contribution < 1.29 is 17.9 Å². The highest BCUT2D eigenvalue weighted by atomic mass is 32.2. The minimum atomic E-state index is -3.34. The first-order valence-electron chi connectivity index (χ1n) is 9.08. The fourth-order valence-electron chi connectivity index (χ4n) is 2.16. The summed E-state index contributed by atoms with van der Waals surface area (Å²) in [5.41, 5.74) is 0.512. The zero-order valence-corrected chi connectivity index (χ0v) is 19.5. The van der Waals surface area contributed by atoms with E-state index >= 15 is 0 Å². The number of carbonyl (C=O) groups is 1. The molecular formula is C18H26N4O4S3. The van der Waals surface area contributed by atoms with Crippen LogP contribution >= 0.6 is 23.1 Å². The van der Waals surface area contributed by atoms with Crippen LogP contribution in [0.3, 0.4) is 0 Å². The summed E-state index contributed by atoms with van der Waals surface area (Å²) in [7, 11) is -1.86. The fourth-order valence-corrected chi connectivity index (χ4v) is 4.39. The Morgan fingerprint density at radius 3 is 2.48 bits per heavy atom. The Kier molecular flexibility index (Phi) is 8.29. The van der Waals surface area contributed by atoms with Crippen molar-refractivity contribution in [1.29, 1.82) is 0 Å². The second-order valence-corrected chi connectivity index (χ2v) is 11.1. The molecule has 0 aliphatic carbocycles. The molecule has 2 aromatic rings. The van der Waals surface area contributed by atoms with E-state index in [2.05, 4.69) is 29.4 Å². The van der Waals surface area contributed by atoms with E-state index in [1.54, 1.807) is 36.0 Å². The number of carbonyl (C=O) groups excluding carboxylic acids is 1. The lowest BCUT2D eigenvalue weighted by atomic mass is 10.2. The molecule has 1 heterocycles. The molecule has 8 nitrogen and oxygen atoms in total. The molecule has 0 fully saturated rings. The van der Waals surface area contributed by atoms with Crippen LogP contribution in [-0.4, -0.2) is 49.7 Å². The molecule has 0 bridgehead atoms. The number of sulfonamides is 1. The molecule has 0 saturated carbocycles. The molecule has 29 heavy (non-hydrogen) atoms. The Hall–Kier alpha value is -1.85. The molecule has 1 N–H and O–H groups in total. The predicted molar refractivity (Wildman–Crippen MR) is 118 cm³/mol. The molecule has 2 rings (SSSR count). The number of nitrogens with zero attached hydrogens (tertiary/aromatic N) is 3. The molecule has 1 amide bonds. The molecule has 1 atom stereocenters. The summed E-state index contributed by atoms with van der Waals surface area (Å²) in [6.07, 6.45) is 0.892. The largest absolute Gasteiger partial charge is 0.481 e. The molecule has 11 heteroatoms. The van der Waals surface area contributed by atoms with Gasteiger partial charge in [0.2, 0.25) is 15.2 Å². The van der Waals surface area contributed by atoms with Crippen molar-refractivity contribution in [2.24, 2.45) is 5.92 Å². The monoisotopic (exact) mass is 458 g/mol. The molecule has 1 aromatic heterocycles. The Balaban J connectivity index is 1.98. The maximum absolute atomic E-state index is 12.5. The van der Waals surface area contributed by atoms with Gasteiger partial charge >= 0.3 is 0 Å². The molecule has 0 aliphatic rings. The summed E-state index contributed by atoms with van der Waals surface area (Å²) in [6.45, 7) is 6.11. The van der Waals surface area contributed by atoms with Crippen molar-refractivity contribution >= 4 is 49.8 Å². The van der Waals surface area contributed by atoms with Crippen molar-refractivity contribution in [2.45, 2.75) is 37.6 Å². The number of nitrogens with one attached hydrogen (secondary N) is 1. The number of amides is 1. The second-order valence-electron chi connectivity index (χ2n) is 6.81. The number of rotatable bonds is 10. The minimum absolute atomic E-state index is 0.304. The first kappa shape index (κ1) is 23.4. The van der Waals surface area contributed by atoms with Gasteiger partial charge in [-0.25, -0.2) is 8.42 Å². The average molecular weight is 459 g/mol. The van der Waals surface area contributed by atoms with Crippen LogP contribution < -0.4 is 14.4 Å². The van der Waals surface area contributed by atoms with Crippen molar-refractivity contribution in [1.82, 2.24) is 10.2 Å². The van der Waals surface area contributed by atoms with Crippen LogP contribution in [-0.2, 0) is 14.8 Å². The van der Waals surface area contributed by atoms with E-state index < -0.39 is 16.1 Å². The van der Waals surface area contributed by atoms with E-state index in [4.69, 9.17) is 4.74 Å². The highest BCUT2D eigenvalue weighted by molar-refractivity contribution is 8.01. The van der Waals surface area contributed by atoms with Gasteiger partial charge in [0.1, 0.15) is 5.75 Å². The number of anilines is 2. The van der Waals surface area contributed by atoms with E-state index in [-0.39, 0.29) is 5.91 Å². The molecule has 0 aliphatic heterocycles. The number of hydrogen-bond acceptors (Lipinski definition) is 8. The van der Waals surface area contributed by atoms with Crippen LogP contribution in [0.25, 0.3) is 0 Å². The first-order valence-corrected chi connectivity index (χ1v) is 12.7. The average Bonchev–Trinajstić information content (AvgIpc) is 3.10. The normalized spacial score (nSPS) is 12.6. The third kappa shape index (κ3) is 7.16. The van der Waals surface area contributed by atoms with E-state index in [0.717, 1.165) is 16.3 Å². The summed E-state index contributed by atoms with van der Waals surface area (Å²) in [5, 5.41) is 11.3. The van der Waals surface area contributed by atoms with Gasteiger partial charge in [0.15, 0.2) is 10.4 Å². The predicted octanol–water partition coefficient (Wildman–Crippen LogP) is 3.48. The third-order valence-electron chi connectivity index (χ3n) is 3.82. The Labute approximate surface area is 180 Å². The van der Waals surface area contributed by atoms with Gasteiger partial charge in [-0.1, -0.05) is 43.9 Å². The fraction of sp³-hybridized carbons (Fsp3) is 0.500. The maximum atomic E-state index is 12.5. The van der Waals surface area contributed by atoms with Gasteiger partial charge in [-0.3, -0.25) is 14.4 Å². The molecule has 0 radical (unpaired) electrons. The quantitative estimate of drug-likeness (QED) is 0.430. The molecular weight excluding hydrogens is 432 g/mol. The lowest BCUT2D eigenvalue weighted by molar-refractivity contribution is -0.122. The van der Waals surface area contributed by atoms with Gasteiger partial charge in [0, 0.05) is 12.8 Å². The summed E-state index contributed by atoms with van der Waals surface area (Å²) in [4.78, 5) is 12.5. The van der Waals surface area contributed by atoms with E-state index in [0.29, 0.717) is 28.9 Å². The number of hydrogen-bond donors (Lipinski definition) is 1. The lowest BCUT2D eigenvalue weighted by Crippen LogP contribution is -2.32. The van der Waals surface area contributed by atoms with Gasteiger partial charge in [-0.15, -0.1) is 10.2 Å². The topological polar surface area (TPSA) is 101 Å². The third-order valence-corrected chi connectivity index (χ3v) is 7.42. The number of aromatic nitrogens is 2. The van der Waals surface area contributed by atoms with Crippen molar-refractivity contribution in [3.8, 4) is 5.75 Å². The Bertz CT molecular complexity index is 913.